The molecule has 0 saturated carbocycles. The highest BCUT2D eigenvalue weighted by atomic mass is 32.2. The van der Waals surface area contributed by atoms with Gasteiger partial charge in [0.2, 0.25) is 0 Å². The van der Waals surface area contributed by atoms with E-state index in [9.17, 15) is 14.5 Å². The molecule has 5 nitrogen and oxygen atoms in total. The SMILES string of the molecule is CCc1cnc(Sc2ccc(F)cc2[N+](=O)[O-])[nH]1. The number of aromatic nitrogens is 2. The third kappa shape index (κ3) is 2.67. The van der Waals surface area contributed by atoms with Crippen LogP contribution in [0.4, 0.5) is 10.1 Å². The topological polar surface area (TPSA) is 71.8 Å². The fraction of sp³-hybridized carbons (Fsp3) is 0.182. The highest BCUT2D eigenvalue weighted by molar-refractivity contribution is 7.99. The molecule has 18 heavy (non-hydrogen) atoms. The van der Waals surface area contributed by atoms with E-state index in [2.05, 4.69) is 9.97 Å². The fourth-order valence-electron chi connectivity index (χ4n) is 1.39. The van der Waals surface area contributed by atoms with Crippen LogP contribution in [0.25, 0.3) is 0 Å². The highest BCUT2D eigenvalue weighted by Crippen LogP contribution is 2.33. The van der Waals surface area contributed by atoms with Crippen molar-refractivity contribution >= 4 is 17.4 Å². The Hall–Kier alpha value is -1.89. The predicted octanol–water partition coefficient (Wildman–Crippen LogP) is 3.17. The molecule has 2 rings (SSSR count). The molecule has 1 aromatic heterocycles. The number of halogens is 1. The Labute approximate surface area is 107 Å². The maximum Gasteiger partial charge on any atom is 0.286 e. The first-order chi connectivity index (χ1) is 8.60. The van der Waals surface area contributed by atoms with Gasteiger partial charge in [0.25, 0.3) is 5.69 Å². The average molecular weight is 267 g/mol. The molecule has 7 heteroatoms. The Bertz CT molecular complexity index is 585. The summed E-state index contributed by atoms with van der Waals surface area (Å²) in [4.78, 5) is 17.7. The monoisotopic (exact) mass is 267 g/mol. The molecule has 1 N–H and O–H groups in total. The fourth-order valence-corrected chi connectivity index (χ4v) is 2.26. The number of nitro groups is 1. The number of aromatic amines is 1. The second kappa shape index (κ2) is 5.18. The summed E-state index contributed by atoms with van der Waals surface area (Å²) in [6.07, 6.45) is 2.48. The number of aryl methyl sites for hydroxylation is 1. The van der Waals surface area contributed by atoms with E-state index in [-0.39, 0.29) is 5.69 Å². The van der Waals surface area contributed by atoms with Crippen LogP contribution in [-0.2, 0) is 6.42 Å². The predicted molar refractivity (Wildman–Crippen MR) is 65.1 cm³/mol. The smallest absolute Gasteiger partial charge is 0.286 e. The minimum absolute atomic E-state index is 0.255. The molecule has 0 aliphatic heterocycles. The second-order valence-electron chi connectivity index (χ2n) is 3.54. The maximum absolute atomic E-state index is 13.0. The number of H-pyrrole nitrogens is 1. The summed E-state index contributed by atoms with van der Waals surface area (Å²) in [7, 11) is 0. The summed E-state index contributed by atoms with van der Waals surface area (Å²) in [5, 5.41) is 11.4. The number of benzene rings is 1. The molecule has 94 valence electrons. The van der Waals surface area contributed by atoms with E-state index in [0.717, 1.165) is 29.9 Å². The van der Waals surface area contributed by atoms with Crippen LogP contribution >= 0.6 is 11.8 Å². The molecule has 0 aliphatic carbocycles. The van der Waals surface area contributed by atoms with Crippen LogP contribution in [0, 0.1) is 15.9 Å². The van der Waals surface area contributed by atoms with E-state index in [1.165, 1.54) is 12.1 Å². The van der Waals surface area contributed by atoms with Crippen molar-refractivity contribution in [2.45, 2.75) is 23.4 Å². The molecule has 1 heterocycles. The average Bonchev–Trinajstić information content (AvgIpc) is 2.79. The first kappa shape index (κ1) is 12.6. The molecule has 0 amide bonds. The van der Waals surface area contributed by atoms with Crippen LogP contribution in [0.3, 0.4) is 0 Å². The number of hydrogen-bond acceptors (Lipinski definition) is 4. The molecule has 0 fully saturated rings. The van der Waals surface area contributed by atoms with Crippen molar-refractivity contribution < 1.29 is 9.31 Å². The molecule has 1 aromatic carbocycles. The van der Waals surface area contributed by atoms with Gasteiger partial charge in [0.15, 0.2) is 5.16 Å². The molecule has 0 radical (unpaired) electrons. The van der Waals surface area contributed by atoms with Gasteiger partial charge >= 0.3 is 0 Å². The van der Waals surface area contributed by atoms with Crippen LogP contribution in [0.15, 0.2) is 34.4 Å². The molecule has 0 bridgehead atoms. The van der Waals surface area contributed by atoms with Crippen molar-refractivity contribution in [1.82, 2.24) is 9.97 Å². The van der Waals surface area contributed by atoms with E-state index in [0.29, 0.717) is 10.1 Å². The van der Waals surface area contributed by atoms with Gasteiger partial charge in [0, 0.05) is 11.9 Å². The third-order valence-corrected chi connectivity index (χ3v) is 3.28. The Morgan fingerprint density at radius 1 is 1.56 bits per heavy atom. The van der Waals surface area contributed by atoms with Crippen molar-refractivity contribution in [3.8, 4) is 0 Å². The van der Waals surface area contributed by atoms with Gasteiger partial charge in [-0.1, -0.05) is 6.92 Å². The van der Waals surface area contributed by atoms with Gasteiger partial charge in [-0.25, -0.2) is 9.37 Å². The quantitative estimate of drug-likeness (QED) is 0.682. The summed E-state index contributed by atoms with van der Waals surface area (Å²) >= 11 is 1.11. The second-order valence-corrected chi connectivity index (χ2v) is 4.57. The third-order valence-electron chi connectivity index (χ3n) is 2.31. The first-order valence-electron chi connectivity index (χ1n) is 5.26. The number of hydrogen-bond donors (Lipinski definition) is 1. The van der Waals surface area contributed by atoms with E-state index < -0.39 is 10.7 Å². The van der Waals surface area contributed by atoms with E-state index in [1.54, 1.807) is 6.20 Å². The van der Waals surface area contributed by atoms with Crippen molar-refractivity contribution in [2.24, 2.45) is 0 Å². The molecule has 0 saturated heterocycles. The van der Waals surface area contributed by atoms with Gasteiger partial charge in [0.05, 0.1) is 15.9 Å². The summed E-state index contributed by atoms with van der Waals surface area (Å²) in [5.74, 6) is -0.625. The largest absolute Gasteiger partial charge is 0.337 e. The lowest BCUT2D eigenvalue weighted by atomic mass is 10.3. The summed E-state index contributed by atoms with van der Waals surface area (Å²) < 4.78 is 13.0. The molecular formula is C11H10FN3O2S. The number of nitro benzene ring substituents is 1. The minimum atomic E-state index is -0.625. The summed E-state index contributed by atoms with van der Waals surface area (Å²) in [6, 6.07) is 3.48. The molecule has 0 aliphatic rings. The zero-order chi connectivity index (χ0) is 13.1. The standard InChI is InChI=1S/C11H10FN3O2S/c1-2-8-6-13-11(14-8)18-10-4-3-7(12)5-9(10)15(16)17/h3-6H,2H2,1H3,(H,13,14). The number of nitrogens with zero attached hydrogens (tertiary/aromatic N) is 2. The minimum Gasteiger partial charge on any atom is -0.337 e. The van der Waals surface area contributed by atoms with Crippen molar-refractivity contribution in [1.29, 1.82) is 0 Å². The molecule has 0 spiro atoms. The Kier molecular flexibility index (Phi) is 3.61. The van der Waals surface area contributed by atoms with Crippen LogP contribution in [0.2, 0.25) is 0 Å². The number of imidazole rings is 1. The zero-order valence-electron chi connectivity index (χ0n) is 9.51. The normalized spacial score (nSPS) is 10.6. The van der Waals surface area contributed by atoms with Gasteiger partial charge in [0.1, 0.15) is 5.82 Å². The lowest BCUT2D eigenvalue weighted by Gasteiger charge is -2.00. The van der Waals surface area contributed by atoms with Gasteiger partial charge in [-0.05, 0) is 30.3 Å². The van der Waals surface area contributed by atoms with E-state index in [4.69, 9.17) is 0 Å². The van der Waals surface area contributed by atoms with Gasteiger partial charge < -0.3 is 4.98 Å². The molecule has 0 atom stereocenters. The van der Waals surface area contributed by atoms with Crippen LogP contribution in [0.1, 0.15) is 12.6 Å². The van der Waals surface area contributed by atoms with Gasteiger partial charge in [-0.3, -0.25) is 10.1 Å². The van der Waals surface area contributed by atoms with E-state index >= 15 is 0 Å². The lowest BCUT2D eigenvalue weighted by Crippen LogP contribution is -1.92. The summed E-state index contributed by atoms with van der Waals surface area (Å²) in [6.45, 7) is 1.97. The van der Waals surface area contributed by atoms with Crippen LogP contribution in [-0.4, -0.2) is 14.9 Å². The number of rotatable bonds is 4. The molecule has 0 unspecified atom stereocenters. The van der Waals surface area contributed by atoms with Gasteiger partial charge in [-0.15, -0.1) is 0 Å². The van der Waals surface area contributed by atoms with E-state index in [1.807, 2.05) is 6.92 Å². The van der Waals surface area contributed by atoms with Crippen LogP contribution in [0.5, 0.6) is 0 Å². The van der Waals surface area contributed by atoms with Crippen molar-refractivity contribution in [2.75, 3.05) is 0 Å². The Morgan fingerprint density at radius 3 is 2.94 bits per heavy atom. The highest BCUT2D eigenvalue weighted by Gasteiger charge is 2.17. The molecule has 2 aromatic rings. The van der Waals surface area contributed by atoms with Gasteiger partial charge in [-0.2, -0.15) is 0 Å². The lowest BCUT2D eigenvalue weighted by molar-refractivity contribution is -0.387. The number of nitrogens with one attached hydrogen (secondary N) is 1. The maximum atomic E-state index is 13.0. The van der Waals surface area contributed by atoms with Crippen LogP contribution < -0.4 is 0 Å². The summed E-state index contributed by atoms with van der Waals surface area (Å²) in [5.41, 5.74) is 0.691. The van der Waals surface area contributed by atoms with Crippen molar-refractivity contribution in [3.63, 3.8) is 0 Å². The first-order valence-corrected chi connectivity index (χ1v) is 6.07. The van der Waals surface area contributed by atoms with Crippen molar-refractivity contribution in [3.05, 3.63) is 46.0 Å². The zero-order valence-corrected chi connectivity index (χ0v) is 10.3. The Morgan fingerprint density at radius 2 is 2.33 bits per heavy atom. The molecular weight excluding hydrogens is 257 g/mol. The Balaban J connectivity index is 2.30.